The van der Waals surface area contributed by atoms with Crippen molar-refractivity contribution in [3.63, 3.8) is 0 Å². The van der Waals surface area contributed by atoms with Gasteiger partial charge in [-0.05, 0) is 57.4 Å². The first-order valence-corrected chi connectivity index (χ1v) is 10.5. The number of hydrogen-bond acceptors (Lipinski definition) is 5. The zero-order valence-electron chi connectivity index (χ0n) is 17.0. The summed E-state index contributed by atoms with van der Waals surface area (Å²) in [6, 6.07) is 5.99. The van der Waals surface area contributed by atoms with E-state index in [1.54, 1.807) is 0 Å². The highest BCUT2D eigenvalue weighted by atomic mass is 35.5. The van der Waals surface area contributed by atoms with Crippen LogP contribution in [-0.4, -0.2) is 44.4 Å². The fraction of sp³-hybridized carbons (Fsp3) is 0.571. The van der Waals surface area contributed by atoms with E-state index in [9.17, 15) is 4.79 Å². The van der Waals surface area contributed by atoms with Crippen molar-refractivity contribution in [3.8, 4) is 5.69 Å². The van der Waals surface area contributed by atoms with Crippen LogP contribution in [0, 0.1) is 5.41 Å². The van der Waals surface area contributed by atoms with E-state index in [-0.39, 0.29) is 11.5 Å². The molecule has 0 unspecified atom stereocenters. The van der Waals surface area contributed by atoms with Gasteiger partial charge >= 0.3 is 6.09 Å². The quantitative estimate of drug-likeness (QED) is 0.769. The summed E-state index contributed by atoms with van der Waals surface area (Å²) in [4.78, 5) is 14.0. The summed E-state index contributed by atoms with van der Waals surface area (Å²) in [7, 11) is 0. The Morgan fingerprint density at radius 3 is 2.72 bits per heavy atom. The number of aromatic nitrogens is 3. The van der Waals surface area contributed by atoms with E-state index < -0.39 is 5.60 Å². The van der Waals surface area contributed by atoms with Gasteiger partial charge < -0.3 is 15.0 Å². The number of hydrogen-bond donors (Lipinski definition) is 1. The molecule has 1 aromatic heterocycles. The molecule has 1 aliphatic carbocycles. The first-order chi connectivity index (χ1) is 13.7. The van der Waals surface area contributed by atoms with Crippen LogP contribution in [0.15, 0.2) is 18.2 Å². The van der Waals surface area contributed by atoms with Gasteiger partial charge in [0, 0.05) is 36.0 Å². The summed E-state index contributed by atoms with van der Waals surface area (Å²) >= 11 is 6.20. The van der Waals surface area contributed by atoms with Gasteiger partial charge in [-0.15, -0.1) is 10.2 Å². The summed E-state index contributed by atoms with van der Waals surface area (Å²) < 4.78 is 7.68. The zero-order valence-corrected chi connectivity index (χ0v) is 17.8. The van der Waals surface area contributed by atoms with Crippen molar-refractivity contribution in [2.75, 3.05) is 13.1 Å². The molecule has 0 radical (unpaired) electrons. The van der Waals surface area contributed by atoms with Crippen LogP contribution >= 0.6 is 11.6 Å². The minimum Gasteiger partial charge on any atom is -0.444 e. The number of nitrogens with zero attached hydrogens (tertiary/aromatic N) is 4. The molecule has 3 aliphatic rings. The van der Waals surface area contributed by atoms with Gasteiger partial charge in [0.25, 0.3) is 0 Å². The van der Waals surface area contributed by atoms with Crippen LogP contribution in [0.5, 0.6) is 0 Å². The predicted molar refractivity (Wildman–Crippen MR) is 109 cm³/mol. The third-order valence-corrected chi connectivity index (χ3v) is 6.30. The van der Waals surface area contributed by atoms with Gasteiger partial charge in [-0.2, -0.15) is 0 Å². The molecule has 2 fully saturated rings. The maximum absolute atomic E-state index is 12.2. The number of halogens is 1. The molecule has 7 nitrogen and oxygen atoms in total. The molecule has 1 spiro atoms. The standard InChI is InChI=1S/C21H26ClN5O2/c1-20(2,3)29-19(28)26-11-21(12-26)7-14(8-21)18-25-24-17-10-23-9-13-6-15(22)4-5-16(13)27(17)18/h4-6,14,23H,7-12H2,1-3H3. The Kier molecular flexibility index (Phi) is 4.19. The molecule has 2 aliphatic heterocycles. The number of carbonyl (C=O) groups is 1. The normalized spacial score (nSPS) is 20.3. The van der Waals surface area contributed by atoms with Gasteiger partial charge in [-0.1, -0.05) is 11.6 Å². The van der Waals surface area contributed by atoms with Crippen LogP contribution in [0.1, 0.15) is 56.7 Å². The fourth-order valence-electron chi connectivity index (χ4n) is 4.84. The summed E-state index contributed by atoms with van der Waals surface area (Å²) in [6.07, 6.45) is 1.85. The van der Waals surface area contributed by atoms with Crippen molar-refractivity contribution in [1.29, 1.82) is 0 Å². The van der Waals surface area contributed by atoms with Gasteiger partial charge in [0.1, 0.15) is 11.4 Å². The largest absolute Gasteiger partial charge is 0.444 e. The maximum Gasteiger partial charge on any atom is 0.410 e. The van der Waals surface area contributed by atoms with Crippen LogP contribution in [0.4, 0.5) is 4.79 Å². The lowest BCUT2D eigenvalue weighted by Gasteiger charge is -2.58. The SMILES string of the molecule is CC(C)(C)OC(=O)N1CC2(CC(c3nnc4n3-c3ccc(Cl)cc3CNC4)C2)C1. The van der Waals surface area contributed by atoms with Gasteiger partial charge in [0.15, 0.2) is 5.82 Å². The first-order valence-electron chi connectivity index (χ1n) is 10.1. The average molecular weight is 416 g/mol. The second kappa shape index (κ2) is 6.44. The molecule has 0 atom stereocenters. The summed E-state index contributed by atoms with van der Waals surface area (Å²) in [5.74, 6) is 2.32. The molecule has 1 N–H and O–H groups in total. The van der Waals surface area contributed by atoms with Gasteiger partial charge in [0.05, 0.1) is 12.2 Å². The topological polar surface area (TPSA) is 72.3 Å². The number of likely N-dealkylation sites (tertiary alicyclic amines) is 1. The fourth-order valence-corrected chi connectivity index (χ4v) is 5.03. The van der Waals surface area contributed by atoms with Crippen molar-refractivity contribution >= 4 is 17.7 Å². The zero-order chi connectivity index (χ0) is 20.4. The van der Waals surface area contributed by atoms with Crippen LogP contribution in [0.3, 0.4) is 0 Å². The Balaban J connectivity index is 1.31. The molecule has 2 aromatic rings. The third-order valence-electron chi connectivity index (χ3n) is 6.06. The molecule has 1 aromatic carbocycles. The highest BCUT2D eigenvalue weighted by Gasteiger charge is 2.56. The lowest BCUT2D eigenvalue weighted by atomic mass is 9.57. The van der Waals surface area contributed by atoms with Gasteiger partial charge in [0.2, 0.25) is 0 Å². The van der Waals surface area contributed by atoms with Gasteiger partial charge in [-0.25, -0.2) is 4.79 Å². The van der Waals surface area contributed by atoms with Crippen molar-refractivity contribution < 1.29 is 9.53 Å². The van der Waals surface area contributed by atoms with E-state index in [1.807, 2.05) is 37.8 Å². The summed E-state index contributed by atoms with van der Waals surface area (Å²) in [5, 5.41) is 13.1. The van der Waals surface area contributed by atoms with Crippen LogP contribution in [0.2, 0.25) is 5.02 Å². The number of ether oxygens (including phenoxy) is 1. The van der Waals surface area contributed by atoms with E-state index in [0.29, 0.717) is 12.5 Å². The van der Waals surface area contributed by atoms with Crippen molar-refractivity contribution in [2.45, 2.75) is 58.2 Å². The molecule has 1 saturated heterocycles. The first kappa shape index (κ1) is 18.9. The lowest BCUT2D eigenvalue weighted by Crippen LogP contribution is -2.63. The van der Waals surface area contributed by atoms with E-state index >= 15 is 0 Å². The Bertz CT molecular complexity index is 966. The van der Waals surface area contributed by atoms with E-state index in [1.165, 1.54) is 0 Å². The van der Waals surface area contributed by atoms with Crippen molar-refractivity contribution in [1.82, 2.24) is 25.0 Å². The Labute approximate surface area is 175 Å². The van der Waals surface area contributed by atoms with Crippen molar-refractivity contribution in [2.24, 2.45) is 5.41 Å². The van der Waals surface area contributed by atoms with E-state index in [0.717, 1.165) is 60.4 Å². The molecule has 8 heteroatoms. The number of rotatable bonds is 1. The predicted octanol–water partition coefficient (Wildman–Crippen LogP) is 3.64. The maximum atomic E-state index is 12.2. The van der Waals surface area contributed by atoms with E-state index in [2.05, 4.69) is 26.1 Å². The van der Waals surface area contributed by atoms with Crippen LogP contribution in [-0.2, 0) is 17.8 Å². The Morgan fingerprint density at radius 1 is 1.24 bits per heavy atom. The minimum atomic E-state index is -0.453. The molecule has 1 amide bonds. The van der Waals surface area contributed by atoms with Crippen LogP contribution in [0.25, 0.3) is 5.69 Å². The monoisotopic (exact) mass is 415 g/mol. The molecular weight excluding hydrogens is 390 g/mol. The molecule has 29 heavy (non-hydrogen) atoms. The summed E-state index contributed by atoms with van der Waals surface area (Å²) in [6.45, 7) is 8.69. The Morgan fingerprint density at radius 2 is 2.00 bits per heavy atom. The third kappa shape index (κ3) is 3.30. The number of amides is 1. The molecular formula is C21H26ClN5O2. The molecule has 1 saturated carbocycles. The van der Waals surface area contributed by atoms with Crippen molar-refractivity contribution in [3.05, 3.63) is 40.4 Å². The number of nitrogens with one attached hydrogen (secondary N) is 1. The lowest BCUT2D eigenvalue weighted by molar-refractivity contribution is -0.0800. The number of carbonyl (C=O) groups excluding carboxylic acids is 1. The molecule has 0 bridgehead atoms. The number of fused-ring (bicyclic) bond motifs is 3. The molecule has 5 rings (SSSR count). The van der Waals surface area contributed by atoms with Gasteiger partial charge in [-0.3, -0.25) is 4.57 Å². The van der Waals surface area contributed by atoms with Crippen LogP contribution < -0.4 is 5.32 Å². The van der Waals surface area contributed by atoms with E-state index in [4.69, 9.17) is 16.3 Å². The second-order valence-electron chi connectivity index (χ2n) is 9.63. The summed E-state index contributed by atoms with van der Waals surface area (Å²) in [5.41, 5.74) is 2.02. The molecule has 3 heterocycles. The highest BCUT2D eigenvalue weighted by molar-refractivity contribution is 6.30. The minimum absolute atomic E-state index is 0.208. The highest BCUT2D eigenvalue weighted by Crippen LogP contribution is 2.56. The average Bonchev–Trinajstić information content (AvgIpc) is 2.86. The molecule has 154 valence electrons. The number of benzene rings is 1. The Hall–Kier alpha value is -2.12. The second-order valence-corrected chi connectivity index (χ2v) is 10.1. The smallest absolute Gasteiger partial charge is 0.410 e.